The summed E-state index contributed by atoms with van der Waals surface area (Å²) in [5.41, 5.74) is -0.795. The second kappa shape index (κ2) is 8.54. The molecular formula is C18H22F3N3O4S. The Morgan fingerprint density at radius 3 is 2.17 bits per heavy atom. The van der Waals surface area contributed by atoms with Crippen LogP contribution in [0.15, 0.2) is 35.4 Å². The van der Waals surface area contributed by atoms with Gasteiger partial charge in [-0.1, -0.05) is 0 Å². The number of aromatic nitrogens is 2. The van der Waals surface area contributed by atoms with Crippen molar-refractivity contribution in [2.75, 3.05) is 5.32 Å². The van der Waals surface area contributed by atoms with Crippen LogP contribution in [0.1, 0.15) is 33.3 Å². The Labute approximate surface area is 166 Å². The van der Waals surface area contributed by atoms with Crippen LogP contribution in [0.25, 0.3) is 0 Å². The van der Waals surface area contributed by atoms with E-state index in [0.717, 1.165) is 0 Å². The smallest absolute Gasteiger partial charge is 0.423 e. The zero-order valence-corrected chi connectivity index (χ0v) is 17.0. The molecule has 0 unspecified atom stereocenters. The van der Waals surface area contributed by atoms with E-state index in [9.17, 15) is 26.7 Å². The first-order chi connectivity index (χ1) is 13.3. The molecule has 2 aromatic rings. The third-order valence-corrected chi connectivity index (χ3v) is 6.27. The molecule has 7 nitrogen and oxygen atoms in total. The molecular weight excluding hydrogens is 411 g/mol. The summed E-state index contributed by atoms with van der Waals surface area (Å²) in [5, 5.41) is 11.6. The number of halogens is 3. The number of hydrogen-bond acceptors (Lipinski definition) is 7. The van der Waals surface area contributed by atoms with Crippen molar-refractivity contribution in [1.29, 1.82) is 0 Å². The molecule has 0 spiro atoms. The van der Waals surface area contributed by atoms with E-state index >= 15 is 0 Å². The van der Waals surface area contributed by atoms with E-state index in [1.807, 2.05) is 0 Å². The number of hydrogen-bond donors (Lipinski definition) is 2. The van der Waals surface area contributed by atoms with Gasteiger partial charge in [0.05, 0.1) is 16.2 Å². The lowest BCUT2D eigenvalue weighted by atomic mass is 10.2. The number of benzene rings is 1. The highest BCUT2D eigenvalue weighted by Gasteiger charge is 2.37. The standard InChI is InChI=1S/C18H22F3N3O4S/c1-10(2)29(26,27)14-7-5-13(6-8-14)23-17-22-9-15(18(19,20)21)16(24-17)28-12(4)11(3)25/h5-12,25H,1-4H3,(H,22,23,24)/t11-,12-/m1/s1. The fourth-order valence-corrected chi connectivity index (χ4v) is 3.17. The van der Waals surface area contributed by atoms with Gasteiger partial charge in [-0.3, -0.25) is 0 Å². The third kappa shape index (κ3) is 5.57. The van der Waals surface area contributed by atoms with E-state index in [-0.39, 0.29) is 10.8 Å². The topological polar surface area (TPSA) is 101 Å². The minimum Gasteiger partial charge on any atom is -0.471 e. The molecule has 1 heterocycles. The average Bonchev–Trinajstić information content (AvgIpc) is 2.61. The van der Waals surface area contributed by atoms with Crippen LogP contribution in [-0.4, -0.2) is 41.0 Å². The number of nitrogens with one attached hydrogen (secondary N) is 1. The minimum atomic E-state index is -4.74. The van der Waals surface area contributed by atoms with Gasteiger partial charge in [0, 0.05) is 11.9 Å². The maximum absolute atomic E-state index is 13.2. The van der Waals surface area contributed by atoms with Gasteiger partial charge < -0.3 is 15.2 Å². The molecule has 0 fully saturated rings. The van der Waals surface area contributed by atoms with E-state index in [1.54, 1.807) is 13.8 Å². The fraction of sp³-hybridized carbons (Fsp3) is 0.444. The molecule has 0 amide bonds. The summed E-state index contributed by atoms with van der Waals surface area (Å²) < 4.78 is 69.0. The molecule has 2 N–H and O–H groups in total. The number of rotatable bonds is 7. The lowest BCUT2D eigenvalue weighted by molar-refractivity contribution is -0.140. The molecule has 1 aromatic carbocycles. The van der Waals surface area contributed by atoms with Gasteiger partial charge in [-0.25, -0.2) is 13.4 Å². The molecule has 160 valence electrons. The van der Waals surface area contributed by atoms with Crippen LogP contribution in [0.3, 0.4) is 0 Å². The van der Waals surface area contributed by atoms with Gasteiger partial charge in [-0.15, -0.1) is 0 Å². The summed E-state index contributed by atoms with van der Waals surface area (Å²) in [6, 6.07) is 5.67. The Kier molecular flexibility index (Phi) is 6.74. The zero-order chi connectivity index (χ0) is 22.0. The van der Waals surface area contributed by atoms with Gasteiger partial charge in [0.25, 0.3) is 0 Å². The molecule has 0 aliphatic rings. The lowest BCUT2D eigenvalue weighted by Gasteiger charge is -2.20. The quantitative estimate of drug-likeness (QED) is 0.688. The fourth-order valence-electron chi connectivity index (χ4n) is 2.11. The van der Waals surface area contributed by atoms with Crippen LogP contribution in [-0.2, 0) is 16.0 Å². The van der Waals surface area contributed by atoms with Crippen LogP contribution in [0.2, 0.25) is 0 Å². The molecule has 0 aliphatic heterocycles. The van der Waals surface area contributed by atoms with E-state index in [4.69, 9.17) is 4.74 Å². The maximum atomic E-state index is 13.2. The molecule has 0 saturated carbocycles. The van der Waals surface area contributed by atoms with Crippen LogP contribution in [0.4, 0.5) is 24.8 Å². The van der Waals surface area contributed by atoms with Crippen molar-refractivity contribution in [1.82, 2.24) is 9.97 Å². The third-order valence-electron chi connectivity index (χ3n) is 4.10. The lowest BCUT2D eigenvalue weighted by Crippen LogP contribution is -2.27. The van der Waals surface area contributed by atoms with Gasteiger partial charge in [0.2, 0.25) is 11.8 Å². The van der Waals surface area contributed by atoms with Gasteiger partial charge >= 0.3 is 6.18 Å². The molecule has 29 heavy (non-hydrogen) atoms. The summed E-state index contributed by atoms with van der Waals surface area (Å²) >= 11 is 0. The largest absolute Gasteiger partial charge is 0.471 e. The average molecular weight is 433 g/mol. The number of ether oxygens (including phenoxy) is 1. The number of aliphatic hydroxyl groups is 1. The van der Waals surface area contributed by atoms with Crippen LogP contribution in [0, 0.1) is 0 Å². The maximum Gasteiger partial charge on any atom is 0.423 e. The number of nitrogens with zero attached hydrogens (tertiary/aromatic N) is 2. The van der Waals surface area contributed by atoms with Gasteiger partial charge in [0.15, 0.2) is 9.84 Å². The molecule has 0 bridgehead atoms. The van der Waals surface area contributed by atoms with Crippen molar-refractivity contribution in [3.63, 3.8) is 0 Å². The highest BCUT2D eigenvalue weighted by Crippen LogP contribution is 2.36. The zero-order valence-electron chi connectivity index (χ0n) is 16.2. The molecule has 2 atom stereocenters. The number of alkyl halides is 3. The number of sulfone groups is 1. The minimum absolute atomic E-state index is 0.126. The van der Waals surface area contributed by atoms with Crippen LogP contribution >= 0.6 is 0 Å². The van der Waals surface area contributed by atoms with Crippen molar-refractivity contribution < 1.29 is 31.4 Å². The Balaban J connectivity index is 2.31. The van der Waals surface area contributed by atoms with Crippen LogP contribution < -0.4 is 10.1 Å². The summed E-state index contributed by atoms with van der Waals surface area (Å²) in [4.78, 5) is 7.54. The highest BCUT2D eigenvalue weighted by atomic mass is 32.2. The Hall–Kier alpha value is -2.40. The van der Waals surface area contributed by atoms with Crippen molar-refractivity contribution in [2.45, 2.75) is 56.2 Å². The predicted molar refractivity (Wildman–Crippen MR) is 101 cm³/mol. The second-order valence-electron chi connectivity index (χ2n) is 6.72. The van der Waals surface area contributed by atoms with E-state index in [1.165, 1.54) is 38.1 Å². The van der Waals surface area contributed by atoms with E-state index < -0.39 is 44.9 Å². The van der Waals surface area contributed by atoms with Gasteiger partial charge in [0.1, 0.15) is 11.7 Å². The second-order valence-corrected chi connectivity index (χ2v) is 9.22. The van der Waals surface area contributed by atoms with Crippen molar-refractivity contribution in [2.24, 2.45) is 0 Å². The summed E-state index contributed by atoms with van der Waals surface area (Å²) in [6.45, 7) is 5.92. The molecule has 0 aliphatic carbocycles. The summed E-state index contributed by atoms with van der Waals surface area (Å²) in [5.74, 6) is -0.896. The first-order valence-electron chi connectivity index (χ1n) is 8.72. The van der Waals surface area contributed by atoms with E-state index in [2.05, 4.69) is 15.3 Å². The highest BCUT2D eigenvalue weighted by molar-refractivity contribution is 7.92. The van der Waals surface area contributed by atoms with Crippen molar-refractivity contribution >= 4 is 21.5 Å². The normalized spacial score (nSPS) is 14.5. The SMILES string of the molecule is CC(C)S(=O)(=O)c1ccc(Nc2ncc(C(F)(F)F)c(O[C@H](C)[C@@H](C)O)n2)cc1. The first kappa shape index (κ1) is 22.9. The van der Waals surface area contributed by atoms with Crippen molar-refractivity contribution in [3.05, 3.63) is 36.0 Å². The summed E-state index contributed by atoms with van der Waals surface area (Å²) in [6.07, 6.45) is -6.10. The summed E-state index contributed by atoms with van der Waals surface area (Å²) in [7, 11) is -3.44. The molecule has 2 rings (SSSR count). The number of anilines is 2. The molecule has 11 heteroatoms. The van der Waals surface area contributed by atoms with Crippen molar-refractivity contribution in [3.8, 4) is 5.88 Å². The molecule has 0 saturated heterocycles. The Morgan fingerprint density at radius 2 is 1.69 bits per heavy atom. The Morgan fingerprint density at radius 1 is 1.10 bits per heavy atom. The Bertz CT molecular complexity index is 946. The van der Waals surface area contributed by atoms with Gasteiger partial charge in [-0.05, 0) is 52.0 Å². The number of aliphatic hydroxyl groups excluding tert-OH is 1. The molecule has 0 radical (unpaired) electrons. The first-order valence-corrected chi connectivity index (χ1v) is 10.3. The van der Waals surface area contributed by atoms with E-state index in [0.29, 0.717) is 11.9 Å². The van der Waals surface area contributed by atoms with Crippen LogP contribution in [0.5, 0.6) is 5.88 Å². The monoisotopic (exact) mass is 433 g/mol. The molecule has 1 aromatic heterocycles. The predicted octanol–water partition coefficient (Wildman–Crippen LogP) is 3.57. The van der Waals surface area contributed by atoms with Gasteiger partial charge in [-0.2, -0.15) is 18.2 Å².